The van der Waals surface area contributed by atoms with E-state index in [1.54, 1.807) is 26.3 Å². The molecule has 2 rings (SSSR count). The molecule has 1 fully saturated rings. The van der Waals surface area contributed by atoms with E-state index in [0.717, 1.165) is 17.3 Å². The van der Waals surface area contributed by atoms with E-state index in [2.05, 4.69) is 22.5 Å². The molecule has 0 amide bonds. The van der Waals surface area contributed by atoms with Crippen LogP contribution < -0.4 is 15.4 Å². The van der Waals surface area contributed by atoms with Gasteiger partial charge in [0.2, 0.25) is 0 Å². The molecule has 0 spiro atoms. The molecule has 0 saturated heterocycles. The van der Waals surface area contributed by atoms with Crippen molar-refractivity contribution in [3.63, 3.8) is 0 Å². The summed E-state index contributed by atoms with van der Waals surface area (Å²) in [7, 11) is 3.35. The number of hydrogen-bond donors (Lipinski definition) is 3. The van der Waals surface area contributed by atoms with Crippen LogP contribution >= 0.6 is 24.0 Å². The minimum atomic E-state index is 0. The van der Waals surface area contributed by atoms with Gasteiger partial charge < -0.3 is 20.5 Å². The Bertz CT molecular complexity index is 479. The van der Waals surface area contributed by atoms with Crippen LogP contribution in [-0.4, -0.2) is 31.3 Å². The zero-order valence-corrected chi connectivity index (χ0v) is 14.3. The zero-order chi connectivity index (χ0) is 13.8. The number of phenolic OH excluding ortho intramolecular Hbond substituents is 1. The Hall–Kier alpha value is -1.18. The second-order valence-electron chi connectivity index (χ2n) is 4.88. The highest BCUT2D eigenvalue weighted by Crippen LogP contribution is 2.28. The van der Waals surface area contributed by atoms with Gasteiger partial charge in [-0.25, -0.2) is 0 Å². The van der Waals surface area contributed by atoms with Gasteiger partial charge >= 0.3 is 0 Å². The summed E-state index contributed by atoms with van der Waals surface area (Å²) in [5, 5.41) is 16.3. The van der Waals surface area contributed by atoms with Crippen LogP contribution in [0.3, 0.4) is 0 Å². The van der Waals surface area contributed by atoms with Gasteiger partial charge in [0.25, 0.3) is 0 Å². The highest BCUT2D eigenvalue weighted by Gasteiger charge is 2.33. The van der Waals surface area contributed by atoms with Crippen molar-refractivity contribution in [2.75, 3.05) is 14.2 Å². The van der Waals surface area contributed by atoms with Gasteiger partial charge in [0.15, 0.2) is 5.96 Å². The molecule has 0 heterocycles. The number of aromatic hydroxyl groups is 1. The molecule has 1 aliphatic rings. The first-order valence-corrected chi connectivity index (χ1v) is 6.47. The lowest BCUT2D eigenvalue weighted by atomic mass is 10.2. The van der Waals surface area contributed by atoms with E-state index < -0.39 is 0 Å². The number of halogens is 1. The fraction of sp³-hybridized carbons (Fsp3) is 0.500. The van der Waals surface area contributed by atoms with Crippen molar-refractivity contribution in [1.82, 2.24) is 10.6 Å². The van der Waals surface area contributed by atoms with Crippen molar-refractivity contribution in [3.05, 3.63) is 23.8 Å². The molecule has 5 nitrogen and oxygen atoms in total. The first-order chi connectivity index (χ1) is 9.13. The predicted octanol–water partition coefficient (Wildman–Crippen LogP) is 2.09. The first kappa shape index (κ1) is 16.9. The van der Waals surface area contributed by atoms with Gasteiger partial charge in [0.1, 0.15) is 11.5 Å². The normalized spacial score (nSPS) is 20.9. The molecular weight excluding hydrogens is 369 g/mol. The van der Waals surface area contributed by atoms with Crippen LogP contribution in [0.25, 0.3) is 0 Å². The van der Waals surface area contributed by atoms with Crippen molar-refractivity contribution in [2.24, 2.45) is 10.9 Å². The molecule has 1 aliphatic carbocycles. The molecule has 3 N–H and O–H groups in total. The molecule has 112 valence electrons. The maximum Gasteiger partial charge on any atom is 0.191 e. The number of rotatable bonds is 4. The molecular formula is C14H22IN3O2. The molecule has 2 atom stereocenters. The highest BCUT2D eigenvalue weighted by atomic mass is 127. The topological polar surface area (TPSA) is 65.9 Å². The van der Waals surface area contributed by atoms with Gasteiger partial charge in [0, 0.05) is 25.2 Å². The average molecular weight is 391 g/mol. The molecule has 2 unspecified atom stereocenters. The van der Waals surface area contributed by atoms with Gasteiger partial charge in [-0.1, -0.05) is 6.92 Å². The molecule has 20 heavy (non-hydrogen) atoms. The molecule has 0 aliphatic heterocycles. The first-order valence-electron chi connectivity index (χ1n) is 6.47. The number of methoxy groups -OCH3 is 1. The number of nitrogens with zero attached hydrogens (tertiary/aromatic N) is 1. The van der Waals surface area contributed by atoms with E-state index in [1.165, 1.54) is 6.42 Å². The molecule has 0 aromatic heterocycles. The number of phenols is 1. The molecule has 1 aromatic carbocycles. The Labute approximate surface area is 136 Å². The van der Waals surface area contributed by atoms with Gasteiger partial charge in [0.05, 0.1) is 7.11 Å². The second kappa shape index (κ2) is 7.56. The quantitative estimate of drug-likeness (QED) is 0.418. The van der Waals surface area contributed by atoms with E-state index in [1.807, 2.05) is 6.07 Å². The van der Waals surface area contributed by atoms with E-state index >= 15 is 0 Å². The smallest absolute Gasteiger partial charge is 0.191 e. The van der Waals surface area contributed by atoms with E-state index in [0.29, 0.717) is 18.5 Å². The summed E-state index contributed by atoms with van der Waals surface area (Å²) >= 11 is 0. The Morgan fingerprint density at radius 3 is 2.75 bits per heavy atom. The van der Waals surface area contributed by atoms with Gasteiger partial charge in [-0.3, -0.25) is 4.99 Å². The Morgan fingerprint density at radius 1 is 1.50 bits per heavy atom. The Morgan fingerprint density at radius 2 is 2.20 bits per heavy atom. The van der Waals surface area contributed by atoms with Crippen molar-refractivity contribution in [3.8, 4) is 11.5 Å². The summed E-state index contributed by atoms with van der Waals surface area (Å²) < 4.78 is 5.15. The van der Waals surface area contributed by atoms with Crippen LogP contribution in [0.1, 0.15) is 18.9 Å². The van der Waals surface area contributed by atoms with E-state index in [9.17, 15) is 5.11 Å². The van der Waals surface area contributed by atoms with Gasteiger partial charge in [-0.05, 0) is 30.5 Å². The van der Waals surface area contributed by atoms with Gasteiger partial charge in [-0.15, -0.1) is 24.0 Å². The van der Waals surface area contributed by atoms with E-state index in [-0.39, 0.29) is 29.7 Å². The zero-order valence-electron chi connectivity index (χ0n) is 12.0. The minimum Gasteiger partial charge on any atom is -0.508 e. The van der Waals surface area contributed by atoms with Gasteiger partial charge in [-0.2, -0.15) is 0 Å². The lowest BCUT2D eigenvalue weighted by molar-refractivity contribution is 0.410. The summed E-state index contributed by atoms with van der Waals surface area (Å²) in [5.41, 5.74) is 0.783. The fourth-order valence-corrected chi connectivity index (χ4v) is 1.90. The van der Waals surface area contributed by atoms with Crippen LogP contribution in [0, 0.1) is 5.92 Å². The van der Waals surface area contributed by atoms with Crippen LogP contribution in [0.4, 0.5) is 0 Å². The molecule has 1 aromatic rings. The van der Waals surface area contributed by atoms with Crippen LogP contribution in [0.5, 0.6) is 11.5 Å². The Kier molecular flexibility index (Phi) is 6.38. The maximum atomic E-state index is 9.80. The standard InChI is InChI=1S/C14H21N3O2.HI/c1-9-6-12(9)17-14(15-2)16-8-10-7-11(19-3)4-5-13(10)18;/h4-5,7,9,12,18H,6,8H2,1-3H3,(H2,15,16,17);1H. The van der Waals surface area contributed by atoms with E-state index in [4.69, 9.17) is 4.74 Å². The third-order valence-electron chi connectivity index (χ3n) is 3.39. The maximum absolute atomic E-state index is 9.80. The number of nitrogens with one attached hydrogen (secondary N) is 2. The summed E-state index contributed by atoms with van der Waals surface area (Å²) in [6.45, 7) is 2.71. The number of guanidine groups is 1. The summed E-state index contributed by atoms with van der Waals surface area (Å²) in [6, 6.07) is 5.70. The third kappa shape index (κ3) is 4.43. The van der Waals surface area contributed by atoms with Crippen LogP contribution in [0.2, 0.25) is 0 Å². The van der Waals surface area contributed by atoms with Crippen molar-refractivity contribution < 1.29 is 9.84 Å². The third-order valence-corrected chi connectivity index (χ3v) is 3.39. The number of hydrogen-bond acceptors (Lipinski definition) is 3. The lowest BCUT2D eigenvalue weighted by Crippen LogP contribution is -2.38. The second-order valence-corrected chi connectivity index (χ2v) is 4.88. The summed E-state index contributed by atoms with van der Waals surface area (Å²) in [4.78, 5) is 4.17. The minimum absolute atomic E-state index is 0. The molecule has 6 heteroatoms. The van der Waals surface area contributed by atoms with Crippen molar-refractivity contribution in [1.29, 1.82) is 0 Å². The number of aliphatic imine (C=N–C) groups is 1. The SMILES string of the molecule is CN=C(NCc1cc(OC)ccc1O)NC1CC1C.I. The molecule has 0 radical (unpaired) electrons. The summed E-state index contributed by atoms with van der Waals surface area (Å²) in [6.07, 6.45) is 1.19. The molecule has 0 bridgehead atoms. The Balaban J connectivity index is 0.00000200. The number of ether oxygens (including phenoxy) is 1. The molecule has 1 saturated carbocycles. The average Bonchev–Trinajstić information content (AvgIpc) is 3.11. The number of benzene rings is 1. The van der Waals surface area contributed by atoms with Crippen molar-refractivity contribution in [2.45, 2.75) is 25.9 Å². The monoisotopic (exact) mass is 391 g/mol. The predicted molar refractivity (Wildman–Crippen MR) is 91.0 cm³/mol. The van der Waals surface area contributed by atoms with Crippen LogP contribution in [-0.2, 0) is 6.54 Å². The van der Waals surface area contributed by atoms with Crippen molar-refractivity contribution >= 4 is 29.9 Å². The lowest BCUT2D eigenvalue weighted by Gasteiger charge is -2.13. The highest BCUT2D eigenvalue weighted by molar-refractivity contribution is 14.0. The largest absolute Gasteiger partial charge is 0.508 e. The summed E-state index contributed by atoms with van der Waals surface area (Å²) in [5.74, 6) is 2.46. The van der Waals surface area contributed by atoms with Crippen LogP contribution in [0.15, 0.2) is 23.2 Å². The fourth-order valence-electron chi connectivity index (χ4n) is 1.90.